The average molecular weight is 404 g/mol. The van der Waals surface area contributed by atoms with Crippen LogP contribution in [0.2, 0.25) is 0 Å². The molecule has 1 saturated carbocycles. The van der Waals surface area contributed by atoms with Crippen molar-refractivity contribution in [3.63, 3.8) is 0 Å². The third-order valence-electron chi connectivity index (χ3n) is 6.76. The van der Waals surface area contributed by atoms with Crippen LogP contribution in [-0.2, 0) is 19.5 Å². The van der Waals surface area contributed by atoms with Gasteiger partial charge in [0.2, 0.25) is 5.78 Å². The molecule has 1 aromatic heterocycles. The maximum atomic E-state index is 13.3. The molecule has 2 aromatic carbocycles. The molecule has 5 rings (SSSR count). The Kier molecular flexibility index (Phi) is 5.24. The zero-order chi connectivity index (χ0) is 20.5. The number of benzene rings is 2. The Morgan fingerprint density at radius 1 is 0.967 bits per heavy atom. The number of rotatable bonds is 5. The van der Waals surface area contributed by atoms with Crippen molar-refractivity contribution in [3.8, 4) is 11.3 Å². The van der Waals surface area contributed by atoms with Gasteiger partial charge in [0.1, 0.15) is 12.0 Å². The predicted molar refractivity (Wildman–Crippen MR) is 115 cm³/mol. The van der Waals surface area contributed by atoms with Crippen LogP contribution in [0.25, 0.3) is 11.3 Å². The summed E-state index contributed by atoms with van der Waals surface area (Å²) < 4.78 is 17.7. The lowest BCUT2D eigenvalue weighted by Gasteiger charge is -2.21. The Balaban J connectivity index is 1.36. The predicted octanol–water partition coefficient (Wildman–Crippen LogP) is 5.46. The molecule has 30 heavy (non-hydrogen) atoms. The standard InChI is InChI=1S/C26H28FN2O/c27-23-14-12-21(13-15-23)24-17-28(26-7-4-16-29(24)26)18-25(30)22-10-8-20(9-11-22)19-5-2-1-3-6-19/h8-15,17,19H,1-7,16,18H2/q+1. The minimum atomic E-state index is -0.230. The van der Waals surface area contributed by atoms with Crippen molar-refractivity contribution >= 4 is 5.78 Å². The third kappa shape index (κ3) is 3.71. The number of carbonyl (C=O) groups excluding carboxylic acids is 1. The van der Waals surface area contributed by atoms with Crippen LogP contribution in [0.4, 0.5) is 4.39 Å². The molecule has 1 fully saturated rings. The van der Waals surface area contributed by atoms with E-state index in [1.807, 2.05) is 24.3 Å². The molecule has 0 amide bonds. The Bertz CT molecular complexity index is 1040. The average Bonchev–Trinajstić information content (AvgIpc) is 3.39. The van der Waals surface area contributed by atoms with Gasteiger partial charge in [0.25, 0.3) is 5.82 Å². The highest BCUT2D eigenvalue weighted by molar-refractivity contribution is 5.95. The van der Waals surface area contributed by atoms with Gasteiger partial charge in [-0.1, -0.05) is 43.5 Å². The smallest absolute Gasteiger partial charge is 0.257 e. The van der Waals surface area contributed by atoms with Gasteiger partial charge in [-0.15, -0.1) is 0 Å². The SMILES string of the molecule is O=C(C[n+]1cc(-c2ccc(F)cc2)n2c1CCC2)c1ccc(C2CCCCC2)cc1. The number of ketones is 1. The van der Waals surface area contributed by atoms with E-state index < -0.39 is 0 Å². The van der Waals surface area contributed by atoms with Gasteiger partial charge in [0.05, 0.1) is 13.0 Å². The number of Topliss-reactive ketones (excluding diaryl/α,β-unsaturated/α-hetero) is 1. The van der Waals surface area contributed by atoms with E-state index in [4.69, 9.17) is 0 Å². The summed E-state index contributed by atoms with van der Waals surface area (Å²) in [6, 6.07) is 14.9. The molecule has 0 atom stereocenters. The molecular weight excluding hydrogens is 375 g/mol. The van der Waals surface area contributed by atoms with E-state index in [-0.39, 0.29) is 11.6 Å². The fourth-order valence-electron chi connectivity index (χ4n) is 5.12. The highest BCUT2D eigenvalue weighted by Crippen LogP contribution is 2.32. The van der Waals surface area contributed by atoms with Gasteiger partial charge < -0.3 is 0 Å². The highest BCUT2D eigenvalue weighted by atomic mass is 19.1. The van der Waals surface area contributed by atoms with E-state index in [1.54, 1.807) is 0 Å². The second-order valence-electron chi connectivity index (χ2n) is 8.70. The number of nitrogens with zero attached hydrogens (tertiary/aromatic N) is 2. The second kappa shape index (κ2) is 8.17. The Morgan fingerprint density at radius 3 is 2.43 bits per heavy atom. The molecule has 3 nitrogen and oxygen atoms in total. The summed E-state index contributed by atoms with van der Waals surface area (Å²) in [5.41, 5.74) is 4.20. The van der Waals surface area contributed by atoms with E-state index in [0.29, 0.717) is 12.5 Å². The number of imidazole rings is 1. The lowest BCUT2D eigenvalue weighted by molar-refractivity contribution is -0.689. The van der Waals surface area contributed by atoms with Crippen molar-refractivity contribution in [1.82, 2.24) is 4.57 Å². The van der Waals surface area contributed by atoms with Gasteiger partial charge in [0.15, 0.2) is 12.2 Å². The van der Waals surface area contributed by atoms with Crippen LogP contribution >= 0.6 is 0 Å². The fraction of sp³-hybridized carbons (Fsp3) is 0.385. The summed E-state index contributed by atoms with van der Waals surface area (Å²) in [6.07, 6.45) is 10.6. The number of hydrogen-bond acceptors (Lipinski definition) is 1. The monoisotopic (exact) mass is 403 g/mol. The van der Waals surface area contributed by atoms with Crippen molar-refractivity contribution in [2.75, 3.05) is 0 Å². The molecule has 3 aromatic rings. The summed E-state index contributed by atoms with van der Waals surface area (Å²) in [5, 5.41) is 0. The lowest BCUT2D eigenvalue weighted by Crippen LogP contribution is -2.40. The van der Waals surface area contributed by atoms with Crippen molar-refractivity contribution in [1.29, 1.82) is 0 Å². The highest BCUT2D eigenvalue weighted by Gasteiger charge is 2.29. The summed E-state index contributed by atoms with van der Waals surface area (Å²) in [6.45, 7) is 1.29. The topological polar surface area (TPSA) is 25.9 Å². The first-order valence-electron chi connectivity index (χ1n) is 11.2. The van der Waals surface area contributed by atoms with Crippen LogP contribution in [0.5, 0.6) is 0 Å². The zero-order valence-electron chi connectivity index (χ0n) is 17.3. The normalized spacial score (nSPS) is 16.6. The summed E-state index contributed by atoms with van der Waals surface area (Å²) >= 11 is 0. The second-order valence-corrected chi connectivity index (χ2v) is 8.70. The van der Waals surface area contributed by atoms with E-state index in [0.717, 1.165) is 36.2 Å². The summed E-state index contributed by atoms with van der Waals surface area (Å²) in [4.78, 5) is 13.0. The lowest BCUT2D eigenvalue weighted by atomic mass is 9.84. The molecule has 154 valence electrons. The first kappa shape index (κ1) is 19.2. The summed E-state index contributed by atoms with van der Waals surface area (Å²) in [7, 11) is 0. The number of halogens is 1. The molecule has 4 heteroatoms. The van der Waals surface area contributed by atoms with Crippen molar-refractivity contribution in [2.45, 2.75) is 64.0 Å². The molecule has 0 unspecified atom stereocenters. The molecule has 1 aliphatic heterocycles. The molecule has 0 spiro atoms. The van der Waals surface area contributed by atoms with E-state index >= 15 is 0 Å². The van der Waals surface area contributed by atoms with Crippen LogP contribution in [0, 0.1) is 5.82 Å². The Labute approximate surface area is 177 Å². The number of fused-ring (bicyclic) bond motifs is 1. The number of carbonyl (C=O) groups is 1. The van der Waals surface area contributed by atoms with Crippen LogP contribution < -0.4 is 4.57 Å². The van der Waals surface area contributed by atoms with Crippen LogP contribution in [0.15, 0.2) is 54.7 Å². The number of hydrogen-bond donors (Lipinski definition) is 0. The molecule has 0 saturated heterocycles. The van der Waals surface area contributed by atoms with Crippen LogP contribution in [0.3, 0.4) is 0 Å². The van der Waals surface area contributed by atoms with Gasteiger partial charge in [-0.2, -0.15) is 0 Å². The van der Waals surface area contributed by atoms with Gasteiger partial charge in [-0.25, -0.2) is 13.5 Å². The fourth-order valence-corrected chi connectivity index (χ4v) is 5.12. The Morgan fingerprint density at radius 2 is 1.70 bits per heavy atom. The molecule has 1 aliphatic carbocycles. The van der Waals surface area contributed by atoms with Crippen LogP contribution in [-0.4, -0.2) is 10.4 Å². The Hall–Kier alpha value is -2.75. The minimum Gasteiger partial charge on any atom is -0.290 e. The molecule has 0 radical (unpaired) electrons. The van der Waals surface area contributed by atoms with Gasteiger partial charge in [-0.3, -0.25) is 4.79 Å². The number of aromatic nitrogens is 2. The van der Waals surface area contributed by atoms with E-state index in [9.17, 15) is 9.18 Å². The molecule has 0 N–H and O–H groups in total. The maximum Gasteiger partial charge on any atom is 0.257 e. The quantitative estimate of drug-likeness (QED) is 0.410. The maximum absolute atomic E-state index is 13.3. The van der Waals surface area contributed by atoms with E-state index in [1.165, 1.54) is 55.6 Å². The van der Waals surface area contributed by atoms with Crippen molar-refractivity contribution in [3.05, 3.63) is 77.5 Å². The van der Waals surface area contributed by atoms with Gasteiger partial charge in [-0.05, 0) is 55.0 Å². The van der Waals surface area contributed by atoms with Crippen LogP contribution in [0.1, 0.15) is 66.2 Å². The molecule has 2 aliphatic rings. The van der Waals surface area contributed by atoms with Gasteiger partial charge in [0, 0.05) is 11.1 Å². The first-order valence-corrected chi connectivity index (χ1v) is 11.2. The third-order valence-corrected chi connectivity index (χ3v) is 6.76. The minimum absolute atomic E-state index is 0.140. The zero-order valence-corrected chi connectivity index (χ0v) is 17.3. The molecule has 2 heterocycles. The van der Waals surface area contributed by atoms with Crippen molar-refractivity contribution in [2.24, 2.45) is 0 Å². The molecular formula is C26H28FN2O+. The van der Waals surface area contributed by atoms with E-state index in [2.05, 4.69) is 27.5 Å². The molecule has 0 bridgehead atoms. The van der Waals surface area contributed by atoms with Gasteiger partial charge >= 0.3 is 0 Å². The summed E-state index contributed by atoms with van der Waals surface area (Å²) in [5.74, 6) is 1.75. The first-order chi connectivity index (χ1) is 14.7. The largest absolute Gasteiger partial charge is 0.290 e. The van der Waals surface area contributed by atoms with Crippen molar-refractivity contribution < 1.29 is 13.8 Å².